The van der Waals surface area contributed by atoms with Gasteiger partial charge in [0.25, 0.3) is 11.7 Å². The molecule has 2 saturated heterocycles. The number of nitrogens with zero attached hydrogens (tertiary/aromatic N) is 2. The quantitative estimate of drug-likeness (QED) is 0.240. The number of ether oxygens (including phenoxy) is 2. The van der Waals surface area contributed by atoms with Gasteiger partial charge in [0.15, 0.2) is 0 Å². The lowest BCUT2D eigenvalue weighted by Crippen LogP contribution is -2.40. The van der Waals surface area contributed by atoms with E-state index in [0.717, 1.165) is 0 Å². The fraction of sp³-hybridized carbons (Fsp3) is 0.360. The molecule has 0 spiro atoms. The number of aliphatic hydroxyl groups excluding tert-OH is 1. The zero-order valence-corrected chi connectivity index (χ0v) is 21.3. The number of ketones is 1. The second kappa shape index (κ2) is 11.1. The first-order chi connectivity index (χ1) is 17.3. The van der Waals surface area contributed by atoms with Crippen LogP contribution in [0.3, 0.4) is 0 Å². The van der Waals surface area contributed by atoms with Gasteiger partial charge in [-0.3, -0.25) is 9.59 Å². The minimum absolute atomic E-state index is 0.0624. The predicted molar refractivity (Wildman–Crippen MR) is 133 cm³/mol. The molecule has 4 rings (SSSR count). The number of likely N-dealkylation sites (tertiary alicyclic amines) is 1. The fourth-order valence-electron chi connectivity index (χ4n) is 4.39. The number of aliphatic hydroxyl groups is 1. The average molecular weight is 535 g/mol. The van der Waals surface area contributed by atoms with E-state index in [9.17, 15) is 23.1 Å². The van der Waals surface area contributed by atoms with Gasteiger partial charge < -0.3 is 19.5 Å². The first kappa shape index (κ1) is 26.3. The third-order valence-corrected chi connectivity index (χ3v) is 8.34. The summed E-state index contributed by atoms with van der Waals surface area (Å²) in [6.07, 6.45) is 0.495. The van der Waals surface area contributed by atoms with Crippen molar-refractivity contribution in [3.05, 3.63) is 70.3 Å². The van der Waals surface area contributed by atoms with Crippen LogP contribution in [0, 0.1) is 0 Å². The lowest BCUT2D eigenvalue weighted by Gasteiger charge is -2.26. The number of sulfonamides is 1. The van der Waals surface area contributed by atoms with Gasteiger partial charge >= 0.3 is 0 Å². The smallest absolute Gasteiger partial charge is 0.295 e. The molecule has 2 aliphatic heterocycles. The molecule has 0 aliphatic carbocycles. The molecule has 2 aromatic rings. The molecule has 9 nitrogen and oxygen atoms in total. The van der Waals surface area contributed by atoms with E-state index in [0.29, 0.717) is 36.8 Å². The van der Waals surface area contributed by atoms with Crippen molar-refractivity contribution in [2.75, 3.05) is 46.6 Å². The Balaban J connectivity index is 1.72. The highest BCUT2D eigenvalue weighted by atomic mass is 35.5. The number of carbonyl (C=O) groups is 2. The van der Waals surface area contributed by atoms with E-state index in [-0.39, 0.29) is 41.4 Å². The number of hydrogen-bond acceptors (Lipinski definition) is 7. The molecule has 11 heteroatoms. The molecule has 2 fully saturated rings. The number of morpholine rings is 1. The molecule has 0 bridgehead atoms. The molecular weight excluding hydrogens is 508 g/mol. The van der Waals surface area contributed by atoms with Crippen molar-refractivity contribution in [1.82, 2.24) is 9.21 Å². The van der Waals surface area contributed by atoms with Gasteiger partial charge in [-0.1, -0.05) is 23.7 Å². The molecule has 2 aromatic carbocycles. The van der Waals surface area contributed by atoms with Crippen LogP contribution in [0.4, 0.5) is 0 Å². The molecule has 0 radical (unpaired) electrons. The Hall–Kier alpha value is -2.76. The zero-order chi connectivity index (χ0) is 25.9. The van der Waals surface area contributed by atoms with Crippen molar-refractivity contribution >= 4 is 39.1 Å². The van der Waals surface area contributed by atoms with Crippen LogP contribution in [-0.2, 0) is 29.1 Å². The van der Waals surface area contributed by atoms with Crippen LogP contribution in [-0.4, -0.2) is 81.0 Å². The Bertz CT molecular complexity index is 1270. The van der Waals surface area contributed by atoms with E-state index in [4.69, 9.17) is 21.1 Å². The topological polar surface area (TPSA) is 113 Å². The van der Waals surface area contributed by atoms with Gasteiger partial charge in [0, 0.05) is 43.9 Å². The number of benzene rings is 2. The number of hydrogen-bond donors (Lipinski definition) is 1. The molecule has 36 heavy (non-hydrogen) atoms. The lowest BCUT2D eigenvalue weighted by atomic mass is 9.95. The summed E-state index contributed by atoms with van der Waals surface area (Å²) >= 11 is 6.18. The number of Topliss-reactive ketones (excluding diaryl/α,β-unsaturated/α-hetero) is 1. The third-order valence-electron chi connectivity index (χ3n) is 6.19. The number of amides is 1. The van der Waals surface area contributed by atoms with Gasteiger partial charge in [-0.2, -0.15) is 4.31 Å². The highest BCUT2D eigenvalue weighted by Crippen LogP contribution is 2.40. The second-order valence-electron chi connectivity index (χ2n) is 8.43. The highest BCUT2D eigenvalue weighted by Gasteiger charge is 2.45. The largest absolute Gasteiger partial charge is 0.507 e. The Kier molecular flexibility index (Phi) is 8.11. The van der Waals surface area contributed by atoms with Crippen LogP contribution >= 0.6 is 11.6 Å². The normalized spacial score (nSPS) is 20.7. The van der Waals surface area contributed by atoms with Gasteiger partial charge in [-0.05, 0) is 48.4 Å². The van der Waals surface area contributed by atoms with Gasteiger partial charge in [-0.25, -0.2) is 8.42 Å². The van der Waals surface area contributed by atoms with E-state index < -0.39 is 27.8 Å². The van der Waals surface area contributed by atoms with E-state index >= 15 is 0 Å². The summed E-state index contributed by atoms with van der Waals surface area (Å²) < 4.78 is 37.5. The van der Waals surface area contributed by atoms with Crippen LogP contribution in [0.5, 0.6) is 0 Å². The van der Waals surface area contributed by atoms with Crippen LogP contribution in [0.15, 0.2) is 59.0 Å². The maximum atomic E-state index is 13.1. The predicted octanol–water partition coefficient (Wildman–Crippen LogP) is 2.82. The molecule has 2 aliphatic rings. The Labute approximate surface area is 214 Å². The van der Waals surface area contributed by atoms with Crippen LogP contribution in [0.25, 0.3) is 5.76 Å². The molecule has 1 unspecified atom stereocenters. The summed E-state index contributed by atoms with van der Waals surface area (Å²) in [5.41, 5.74) is 0.716. The van der Waals surface area contributed by atoms with Crippen LogP contribution in [0.1, 0.15) is 23.6 Å². The molecule has 1 amide bonds. The van der Waals surface area contributed by atoms with Crippen molar-refractivity contribution in [1.29, 1.82) is 0 Å². The summed E-state index contributed by atoms with van der Waals surface area (Å²) in [5.74, 6) is -1.94. The Morgan fingerprint density at radius 3 is 2.47 bits per heavy atom. The second-order valence-corrected chi connectivity index (χ2v) is 10.8. The Morgan fingerprint density at radius 1 is 1.14 bits per heavy atom. The minimum atomic E-state index is -3.72. The summed E-state index contributed by atoms with van der Waals surface area (Å²) in [6.45, 7) is 1.80. The molecule has 0 saturated carbocycles. The maximum Gasteiger partial charge on any atom is 0.295 e. The number of rotatable bonds is 8. The van der Waals surface area contributed by atoms with Crippen molar-refractivity contribution in [3.8, 4) is 0 Å². The lowest BCUT2D eigenvalue weighted by molar-refractivity contribution is -0.140. The average Bonchev–Trinajstić information content (AvgIpc) is 3.14. The van der Waals surface area contributed by atoms with Gasteiger partial charge in [-0.15, -0.1) is 0 Å². The summed E-state index contributed by atoms with van der Waals surface area (Å²) in [5, 5.41) is 11.6. The van der Waals surface area contributed by atoms with E-state index in [2.05, 4.69) is 0 Å². The molecule has 2 heterocycles. The van der Waals surface area contributed by atoms with E-state index in [1.165, 1.54) is 33.5 Å². The molecular formula is C25H27ClN2O7S. The SMILES string of the molecule is COCCCN1C(=O)C(=O)C(=C(O)c2ccc(S(=O)(=O)N3CCOCC3)cc2)C1c1cccc(Cl)c1. The van der Waals surface area contributed by atoms with Gasteiger partial charge in [0.05, 0.1) is 29.7 Å². The van der Waals surface area contributed by atoms with E-state index in [1.54, 1.807) is 31.4 Å². The fourth-order valence-corrected chi connectivity index (χ4v) is 6.00. The summed E-state index contributed by atoms with van der Waals surface area (Å²) in [6, 6.07) is 11.5. The number of halogens is 1. The van der Waals surface area contributed by atoms with Gasteiger partial charge in [0.2, 0.25) is 10.0 Å². The molecule has 1 atom stereocenters. The number of carbonyl (C=O) groups excluding carboxylic acids is 2. The van der Waals surface area contributed by atoms with Crippen LogP contribution < -0.4 is 0 Å². The first-order valence-corrected chi connectivity index (χ1v) is 13.3. The van der Waals surface area contributed by atoms with Crippen LogP contribution in [0.2, 0.25) is 5.02 Å². The molecule has 192 valence electrons. The van der Waals surface area contributed by atoms with E-state index in [1.807, 2.05) is 0 Å². The van der Waals surface area contributed by atoms with Crippen molar-refractivity contribution in [2.45, 2.75) is 17.4 Å². The van der Waals surface area contributed by atoms with Crippen molar-refractivity contribution < 1.29 is 32.6 Å². The van der Waals surface area contributed by atoms with Crippen molar-refractivity contribution in [3.63, 3.8) is 0 Å². The third kappa shape index (κ3) is 5.18. The first-order valence-electron chi connectivity index (χ1n) is 11.5. The molecule has 1 N–H and O–H groups in total. The number of methoxy groups -OCH3 is 1. The Morgan fingerprint density at radius 2 is 1.83 bits per heavy atom. The van der Waals surface area contributed by atoms with Gasteiger partial charge in [0.1, 0.15) is 5.76 Å². The maximum absolute atomic E-state index is 13.1. The minimum Gasteiger partial charge on any atom is -0.507 e. The molecule has 0 aromatic heterocycles. The summed E-state index contributed by atoms with van der Waals surface area (Å²) in [4.78, 5) is 27.5. The highest BCUT2D eigenvalue weighted by molar-refractivity contribution is 7.89. The standard InChI is InChI=1S/C25H27ClN2O7S/c1-34-13-3-10-28-22(18-4-2-5-19(26)16-18)21(24(30)25(28)31)23(29)17-6-8-20(9-7-17)36(32,33)27-11-14-35-15-12-27/h2,4-9,16,22,29H,3,10-15H2,1H3. The summed E-state index contributed by atoms with van der Waals surface area (Å²) in [7, 11) is -2.18. The van der Waals surface area contributed by atoms with Crippen molar-refractivity contribution in [2.24, 2.45) is 0 Å². The zero-order valence-electron chi connectivity index (χ0n) is 19.7. The monoisotopic (exact) mass is 534 g/mol.